The number of fused-ring (bicyclic) bond motifs is 1. The molecule has 1 amide bonds. The Morgan fingerprint density at radius 1 is 1.07 bits per heavy atom. The van der Waals surface area contributed by atoms with E-state index in [1.165, 1.54) is 6.07 Å². The van der Waals surface area contributed by atoms with E-state index in [-0.39, 0.29) is 23.7 Å². The number of hydrogen-bond acceptors (Lipinski definition) is 3. The lowest BCUT2D eigenvalue weighted by Crippen LogP contribution is -2.45. The van der Waals surface area contributed by atoms with Gasteiger partial charge in [0.15, 0.2) is 0 Å². The van der Waals surface area contributed by atoms with Crippen molar-refractivity contribution in [2.75, 3.05) is 19.6 Å². The van der Waals surface area contributed by atoms with Crippen LogP contribution in [0.15, 0.2) is 54.7 Å². The Morgan fingerprint density at radius 2 is 1.93 bits per heavy atom. The summed E-state index contributed by atoms with van der Waals surface area (Å²) in [6, 6.07) is 15.0. The molecule has 2 fully saturated rings. The fraction of sp³-hybridized carbons (Fsp3) is 0.348. The van der Waals surface area contributed by atoms with Crippen molar-refractivity contribution < 1.29 is 9.18 Å². The molecule has 0 spiro atoms. The van der Waals surface area contributed by atoms with Gasteiger partial charge in [-0.2, -0.15) is 0 Å². The van der Waals surface area contributed by atoms with Crippen LogP contribution in [0.3, 0.4) is 0 Å². The van der Waals surface area contributed by atoms with Crippen LogP contribution in [0.5, 0.6) is 0 Å². The maximum absolute atomic E-state index is 13.7. The van der Waals surface area contributed by atoms with E-state index in [0.29, 0.717) is 5.92 Å². The summed E-state index contributed by atoms with van der Waals surface area (Å²) in [5.74, 6) is 0.613. The average molecular weight is 392 g/mol. The monoisotopic (exact) mass is 392 g/mol. The van der Waals surface area contributed by atoms with E-state index >= 15 is 0 Å². The standard InChI is InChI=1S/C23H25FN4O/c24-19-3-1-2-16(13-19)20-14-26-27-22(20)15-7-10-28(11-8-15)23(29)18-4-5-21-17(12-18)6-9-25-21/h1-6,9,12-13,15,20,22,25-27H,7-8,10-11,14H2. The van der Waals surface area contributed by atoms with E-state index in [1.807, 2.05) is 41.4 Å². The summed E-state index contributed by atoms with van der Waals surface area (Å²) in [5, 5.41) is 1.06. The van der Waals surface area contributed by atoms with E-state index < -0.39 is 0 Å². The van der Waals surface area contributed by atoms with Gasteiger partial charge < -0.3 is 9.88 Å². The zero-order valence-corrected chi connectivity index (χ0v) is 16.2. The molecule has 0 saturated carbocycles. The number of carbonyl (C=O) groups is 1. The first-order valence-corrected chi connectivity index (χ1v) is 10.3. The molecule has 5 nitrogen and oxygen atoms in total. The Morgan fingerprint density at radius 3 is 2.76 bits per heavy atom. The minimum absolute atomic E-state index is 0.103. The Hall–Kier alpha value is -2.70. The third-order valence-electron chi connectivity index (χ3n) is 6.44. The zero-order chi connectivity index (χ0) is 19.8. The molecule has 150 valence electrons. The lowest BCUT2D eigenvalue weighted by molar-refractivity contribution is 0.0670. The molecule has 3 heterocycles. The second-order valence-corrected chi connectivity index (χ2v) is 8.12. The van der Waals surface area contributed by atoms with Crippen molar-refractivity contribution >= 4 is 16.8 Å². The lowest BCUT2D eigenvalue weighted by Gasteiger charge is -2.36. The van der Waals surface area contributed by atoms with E-state index in [9.17, 15) is 9.18 Å². The molecule has 2 aliphatic heterocycles. The van der Waals surface area contributed by atoms with Crippen LogP contribution < -0.4 is 10.9 Å². The molecule has 0 bridgehead atoms. The number of nitrogens with zero attached hydrogens (tertiary/aromatic N) is 1. The van der Waals surface area contributed by atoms with Gasteiger partial charge in [-0.15, -0.1) is 0 Å². The SMILES string of the molecule is O=C(c1ccc2[nH]ccc2c1)N1CCC(C2NNCC2c2cccc(F)c2)CC1. The van der Waals surface area contributed by atoms with Crippen molar-refractivity contribution in [3.8, 4) is 0 Å². The molecular weight excluding hydrogens is 367 g/mol. The first-order valence-electron chi connectivity index (χ1n) is 10.3. The maximum atomic E-state index is 13.7. The second kappa shape index (κ2) is 7.61. The van der Waals surface area contributed by atoms with Gasteiger partial charge in [0.25, 0.3) is 5.91 Å². The highest BCUT2D eigenvalue weighted by Gasteiger charge is 2.37. The van der Waals surface area contributed by atoms with Crippen LogP contribution in [0, 0.1) is 11.7 Å². The van der Waals surface area contributed by atoms with Crippen LogP contribution in [0.1, 0.15) is 34.7 Å². The predicted molar refractivity (Wildman–Crippen MR) is 111 cm³/mol. The number of piperidine rings is 1. The molecule has 5 rings (SSSR count). The summed E-state index contributed by atoms with van der Waals surface area (Å²) in [6.07, 6.45) is 3.79. The van der Waals surface area contributed by atoms with Crippen LogP contribution in [0.4, 0.5) is 4.39 Å². The van der Waals surface area contributed by atoms with Crippen LogP contribution in [0.25, 0.3) is 10.9 Å². The fourth-order valence-electron chi connectivity index (χ4n) is 4.85. The van der Waals surface area contributed by atoms with Gasteiger partial charge >= 0.3 is 0 Å². The number of amides is 1. The van der Waals surface area contributed by atoms with Crippen molar-refractivity contribution in [1.82, 2.24) is 20.7 Å². The highest BCUT2D eigenvalue weighted by molar-refractivity contribution is 5.98. The number of aromatic nitrogens is 1. The quantitative estimate of drug-likeness (QED) is 0.640. The molecule has 2 unspecified atom stereocenters. The number of nitrogens with one attached hydrogen (secondary N) is 3. The number of aromatic amines is 1. The molecule has 2 aromatic carbocycles. The Kier molecular flexibility index (Phi) is 4.81. The molecule has 1 aromatic heterocycles. The number of rotatable bonds is 3. The number of halogens is 1. The third-order valence-corrected chi connectivity index (χ3v) is 6.44. The molecule has 29 heavy (non-hydrogen) atoms. The Bertz CT molecular complexity index is 1020. The number of hydrazine groups is 1. The molecular formula is C23H25FN4O. The normalized spacial score (nSPS) is 23.0. The van der Waals surface area contributed by atoms with Crippen LogP contribution in [-0.4, -0.2) is 41.5 Å². The topological polar surface area (TPSA) is 60.2 Å². The van der Waals surface area contributed by atoms with Gasteiger partial charge in [0.1, 0.15) is 5.82 Å². The molecule has 3 aromatic rings. The summed E-state index contributed by atoms with van der Waals surface area (Å²) in [7, 11) is 0. The first-order chi connectivity index (χ1) is 14.2. The summed E-state index contributed by atoms with van der Waals surface area (Å²) < 4.78 is 13.7. The third kappa shape index (κ3) is 3.54. The van der Waals surface area contributed by atoms with Gasteiger partial charge in [-0.3, -0.25) is 15.6 Å². The number of carbonyl (C=O) groups excluding carboxylic acids is 1. The van der Waals surface area contributed by atoms with E-state index in [0.717, 1.165) is 54.5 Å². The molecule has 3 N–H and O–H groups in total. The highest BCUT2D eigenvalue weighted by Crippen LogP contribution is 2.33. The van der Waals surface area contributed by atoms with Crippen molar-refractivity contribution in [2.45, 2.75) is 24.8 Å². The predicted octanol–water partition coefficient (Wildman–Crippen LogP) is 3.42. The minimum Gasteiger partial charge on any atom is -0.361 e. The lowest BCUT2D eigenvalue weighted by atomic mass is 9.80. The van der Waals surface area contributed by atoms with Crippen molar-refractivity contribution in [2.24, 2.45) is 5.92 Å². The number of benzene rings is 2. The number of likely N-dealkylation sites (tertiary alicyclic amines) is 1. The van der Waals surface area contributed by atoms with Gasteiger partial charge in [-0.05, 0) is 60.7 Å². The molecule has 6 heteroatoms. The average Bonchev–Trinajstić information content (AvgIpc) is 3.42. The van der Waals surface area contributed by atoms with Gasteiger partial charge in [0, 0.05) is 54.3 Å². The maximum Gasteiger partial charge on any atom is 0.253 e. The summed E-state index contributed by atoms with van der Waals surface area (Å²) in [4.78, 5) is 18.1. The smallest absolute Gasteiger partial charge is 0.253 e. The summed E-state index contributed by atoms with van der Waals surface area (Å²) in [6.45, 7) is 2.30. The van der Waals surface area contributed by atoms with Crippen LogP contribution in [0.2, 0.25) is 0 Å². The Labute approximate surface area is 169 Å². The largest absolute Gasteiger partial charge is 0.361 e. The van der Waals surface area contributed by atoms with E-state index in [4.69, 9.17) is 0 Å². The fourth-order valence-corrected chi connectivity index (χ4v) is 4.85. The van der Waals surface area contributed by atoms with Gasteiger partial charge in [-0.1, -0.05) is 12.1 Å². The van der Waals surface area contributed by atoms with Gasteiger partial charge in [0.2, 0.25) is 0 Å². The first kappa shape index (κ1) is 18.3. The number of hydrogen-bond donors (Lipinski definition) is 3. The molecule has 2 saturated heterocycles. The van der Waals surface area contributed by atoms with Crippen molar-refractivity contribution in [1.29, 1.82) is 0 Å². The number of H-pyrrole nitrogens is 1. The summed E-state index contributed by atoms with van der Waals surface area (Å²) >= 11 is 0. The van der Waals surface area contributed by atoms with Crippen LogP contribution >= 0.6 is 0 Å². The van der Waals surface area contributed by atoms with Crippen molar-refractivity contribution in [3.05, 3.63) is 71.7 Å². The zero-order valence-electron chi connectivity index (χ0n) is 16.2. The molecule has 0 radical (unpaired) electrons. The van der Waals surface area contributed by atoms with Crippen LogP contribution in [-0.2, 0) is 0 Å². The summed E-state index contributed by atoms with van der Waals surface area (Å²) in [5.41, 5.74) is 9.49. The molecule has 0 aliphatic carbocycles. The van der Waals surface area contributed by atoms with Gasteiger partial charge in [0.05, 0.1) is 0 Å². The van der Waals surface area contributed by atoms with E-state index in [2.05, 4.69) is 15.8 Å². The van der Waals surface area contributed by atoms with E-state index in [1.54, 1.807) is 12.1 Å². The molecule has 2 aliphatic rings. The minimum atomic E-state index is -0.187. The second-order valence-electron chi connectivity index (χ2n) is 8.12. The van der Waals surface area contributed by atoms with Crippen molar-refractivity contribution in [3.63, 3.8) is 0 Å². The van der Waals surface area contributed by atoms with Gasteiger partial charge in [-0.25, -0.2) is 4.39 Å². The highest BCUT2D eigenvalue weighted by atomic mass is 19.1. The Balaban J connectivity index is 1.25. The molecule has 2 atom stereocenters.